The van der Waals surface area contributed by atoms with E-state index >= 15 is 0 Å². The molecule has 2 heteroatoms. The molecule has 2 nitrogen and oxygen atoms in total. The highest BCUT2D eigenvalue weighted by molar-refractivity contribution is 5.86. The van der Waals surface area contributed by atoms with Gasteiger partial charge >= 0.3 is 0 Å². The van der Waals surface area contributed by atoms with Crippen LogP contribution in [0.2, 0.25) is 0 Å². The average Bonchev–Trinajstić information content (AvgIpc) is 3.45. The third-order valence-electron chi connectivity index (χ3n) is 5.60. The van der Waals surface area contributed by atoms with Crippen LogP contribution in [0, 0.1) is 17.8 Å². The van der Waals surface area contributed by atoms with Crippen molar-refractivity contribution in [3.8, 4) is 11.8 Å². The predicted molar refractivity (Wildman–Crippen MR) is 107 cm³/mol. The molecule has 3 aromatic rings. The second-order valence-corrected chi connectivity index (χ2v) is 7.63. The number of H-pyrrole nitrogens is 1. The first-order chi connectivity index (χ1) is 12.9. The molecule has 1 heterocycles. The molecule has 5 rings (SSSR count). The Kier molecular flexibility index (Phi) is 4.03. The predicted octanol–water partition coefficient (Wildman–Crippen LogP) is 5.10. The molecule has 130 valence electrons. The highest BCUT2D eigenvalue weighted by Crippen LogP contribution is 2.35. The second-order valence-electron chi connectivity index (χ2n) is 7.63. The largest absolute Gasteiger partial charge is 0.357 e. The number of hydrogen-bond donors (Lipinski definition) is 2. The van der Waals surface area contributed by atoms with Gasteiger partial charge in [0.25, 0.3) is 0 Å². The van der Waals surface area contributed by atoms with Crippen molar-refractivity contribution in [1.82, 2.24) is 10.3 Å². The zero-order valence-electron chi connectivity index (χ0n) is 15.0. The molecule has 2 N–H and O–H groups in total. The minimum absolute atomic E-state index is 0.410. The maximum Gasteiger partial charge on any atom is 0.0478 e. The Hall–Kier alpha value is -2.50. The summed E-state index contributed by atoms with van der Waals surface area (Å²) in [5.41, 5.74) is 6.63. The molecule has 26 heavy (non-hydrogen) atoms. The fourth-order valence-corrected chi connectivity index (χ4v) is 3.99. The minimum atomic E-state index is 0.410. The molecule has 1 unspecified atom stereocenters. The van der Waals surface area contributed by atoms with Gasteiger partial charge in [0.1, 0.15) is 0 Å². The van der Waals surface area contributed by atoms with Gasteiger partial charge in [-0.15, -0.1) is 0 Å². The van der Waals surface area contributed by atoms with Gasteiger partial charge in [-0.25, -0.2) is 0 Å². The molecule has 2 aliphatic carbocycles. The van der Waals surface area contributed by atoms with E-state index < -0.39 is 0 Å². The highest BCUT2D eigenvalue weighted by atomic mass is 14.9. The monoisotopic (exact) mass is 340 g/mol. The smallest absolute Gasteiger partial charge is 0.0478 e. The van der Waals surface area contributed by atoms with Crippen LogP contribution in [0.3, 0.4) is 0 Å². The molecule has 2 aromatic carbocycles. The van der Waals surface area contributed by atoms with E-state index in [1.54, 1.807) is 0 Å². The van der Waals surface area contributed by atoms with Gasteiger partial charge in [-0.2, -0.15) is 0 Å². The summed E-state index contributed by atoms with van der Waals surface area (Å²) >= 11 is 0. The zero-order chi connectivity index (χ0) is 17.3. The maximum atomic E-state index is 3.76. The number of hydrogen-bond acceptors (Lipinski definition) is 1. The molecular weight excluding hydrogens is 316 g/mol. The van der Waals surface area contributed by atoms with E-state index in [0.717, 1.165) is 12.1 Å². The van der Waals surface area contributed by atoms with Crippen molar-refractivity contribution >= 4 is 10.9 Å². The summed E-state index contributed by atoms with van der Waals surface area (Å²) in [5, 5.41) is 5.13. The molecule has 2 aliphatic rings. The van der Waals surface area contributed by atoms with Gasteiger partial charge in [-0.3, -0.25) is 0 Å². The first-order valence-electron chi connectivity index (χ1n) is 9.80. The number of fused-ring (bicyclic) bond motifs is 3. The second kappa shape index (κ2) is 6.67. The summed E-state index contributed by atoms with van der Waals surface area (Å²) in [6, 6.07) is 17.7. The lowest BCUT2D eigenvalue weighted by Crippen LogP contribution is -2.24. The number of nitrogens with one attached hydrogen (secondary N) is 2. The number of aromatic nitrogens is 1. The normalized spacial score (nSPS) is 19.0. The van der Waals surface area contributed by atoms with Crippen LogP contribution in [0.5, 0.6) is 0 Å². The highest BCUT2D eigenvalue weighted by Gasteiger charge is 2.24. The lowest BCUT2D eigenvalue weighted by Gasteiger charge is -2.24. The molecule has 0 spiro atoms. The van der Waals surface area contributed by atoms with E-state index in [4.69, 9.17) is 0 Å². The van der Waals surface area contributed by atoms with Crippen molar-refractivity contribution in [1.29, 1.82) is 0 Å². The fourth-order valence-electron chi connectivity index (χ4n) is 3.99. The van der Waals surface area contributed by atoms with Gasteiger partial charge in [0.2, 0.25) is 0 Å². The molecule has 0 bridgehead atoms. The van der Waals surface area contributed by atoms with Gasteiger partial charge in [-0.05, 0) is 61.4 Å². The van der Waals surface area contributed by atoms with Gasteiger partial charge in [-0.1, -0.05) is 42.2 Å². The van der Waals surface area contributed by atoms with Crippen LogP contribution in [-0.2, 0) is 13.0 Å². The zero-order valence-corrected chi connectivity index (χ0v) is 15.0. The number of rotatable bonds is 3. The SMILES string of the molecule is C(#CC1CC1)c1ccc2[nH]c3c(c2c1)CCCC3NCc1ccccc1. The van der Waals surface area contributed by atoms with Crippen LogP contribution in [0.25, 0.3) is 10.9 Å². The Morgan fingerprint density at radius 1 is 1.04 bits per heavy atom. The van der Waals surface area contributed by atoms with E-state index in [0.29, 0.717) is 12.0 Å². The number of benzene rings is 2. The third kappa shape index (κ3) is 3.16. The van der Waals surface area contributed by atoms with Gasteiger partial charge in [0, 0.05) is 40.7 Å². The standard InChI is InChI=1S/C24H24N2/c1-2-5-19(6-3-1)16-25-23-8-4-7-20-21-15-18(12-11-17-9-10-17)13-14-22(21)26-24(20)23/h1-3,5-6,13-15,17,23,25-26H,4,7-10,16H2. The Morgan fingerprint density at radius 3 is 2.77 bits per heavy atom. The minimum Gasteiger partial charge on any atom is -0.357 e. The van der Waals surface area contributed by atoms with Crippen LogP contribution in [0.1, 0.15) is 54.1 Å². The summed E-state index contributed by atoms with van der Waals surface area (Å²) in [6.07, 6.45) is 6.16. The quantitative estimate of drug-likeness (QED) is 0.638. The Labute approximate surface area is 155 Å². The Balaban J connectivity index is 1.42. The van der Waals surface area contributed by atoms with Gasteiger partial charge in [0.05, 0.1) is 0 Å². The summed E-state index contributed by atoms with van der Waals surface area (Å²) in [4.78, 5) is 3.70. The number of aryl methyl sites for hydroxylation is 1. The van der Waals surface area contributed by atoms with E-state index in [1.165, 1.54) is 59.8 Å². The van der Waals surface area contributed by atoms with E-state index in [9.17, 15) is 0 Å². The first kappa shape index (κ1) is 15.7. The van der Waals surface area contributed by atoms with Crippen molar-refractivity contribution in [2.24, 2.45) is 5.92 Å². The first-order valence-corrected chi connectivity index (χ1v) is 9.80. The molecule has 1 saturated carbocycles. The molecule has 0 amide bonds. The summed E-state index contributed by atoms with van der Waals surface area (Å²) in [5.74, 6) is 7.41. The molecule has 1 fully saturated rings. The molecule has 0 saturated heterocycles. The van der Waals surface area contributed by atoms with Crippen LogP contribution in [0.4, 0.5) is 0 Å². The van der Waals surface area contributed by atoms with Gasteiger partial charge < -0.3 is 10.3 Å². The van der Waals surface area contributed by atoms with E-state index in [2.05, 4.69) is 70.7 Å². The van der Waals surface area contributed by atoms with Crippen LogP contribution >= 0.6 is 0 Å². The molecular formula is C24H24N2. The van der Waals surface area contributed by atoms with E-state index in [-0.39, 0.29) is 0 Å². The number of aromatic amines is 1. The average molecular weight is 340 g/mol. The fraction of sp³-hybridized carbons (Fsp3) is 0.333. The summed E-state index contributed by atoms with van der Waals surface area (Å²) < 4.78 is 0. The van der Waals surface area contributed by atoms with E-state index in [1.807, 2.05) is 0 Å². The summed E-state index contributed by atoms with van der Waals surface area (Å²) in [7, 11) is 0. The van der Waals surface area contributed by atoms with Crippen LogP contribution < -0.4 is 5.32 Å². The van der Waals surface area contributed by atoms with Crippen molar-refractivity contribution in [3.05, 3.63) is 70.9 Å². The molecule has 0 radical (unpaired) electrons. The molecule has 1 atom stereocenters. The Morgan fingerprint density at radius 2 is 1.92 bits per heavy atom. The maximum absolute atomic E-state index is 3.76. The van der Waals surface area contributed by atoms with Crippen molar-refractivity contribution in [2.75, 3.05) is 0 Å². The lowest BCUT2D eigenvalue weighted by atomic mass is 9.91. The van der Waals surface area contributed by atoms with Crippen molar-refractivity contribution in [3.63, 3.8) is 0 Å². The molecule has 1 aromatic heterocycles. The van der Waals surface area contributed by atoms with Crippen LogP contribution in [0.15, 0.2) is 48.5 Å². The van der Waals surface area contributed by atoms with Gasteiger partial charge in [0.15, 0.2) is 0 Å². The van der Waals surface area contributed by atoms with Crippen molar-refractivity contribution in [2.45, 2.75) is 44.7 Å². The Bertz CT molecular complexity index is 983. The molecule has 0 aliphatic heterocycles. The van der Waals surface area contributed by atoms with Crippen LogP contribution in [-0.4, -0.2) is 4.98 Å². The van der Waals surface area contributed by atoms with Crippen molar-refractivity contribution < 1.29 is 0 Å². The topological polar surface area (TPSA) is 27.8 Å². The lowest BCUT2D eigenvalue weighted by molar-refractivity contribution is 0.452. The third-order valence-corrected chi connectivity index (χ3v) is 5.60. The summed E-state index contributed by atoms with van der Waals surface area (Å²) in [6.45, 7) is 0.915.